The van der Waals surface area contributed by atoms with Gasteiger partial charge in [0, 0.05) is 6.42 Å². The normalized spacial score (nSPS) is 18.9. The second-order valence-electron chi connectivity index (χ2n) is 5.25. The Balaban J connectivity index is 4.24. The molecule has 104 valence electrons. The highest BCUT2D eigenvalue weighted by Crippen LogP contribution is 2.17. The fourth-order valence-electron chi connectivity index (χ4n) is 1.59. The van der Waals surface area contributed by atoms with E-state index < -0.39 is 17.8 Å². The number of allylic oxidation sites excluding steroid dienone is 1. The molecule has 3 N–H and O–H groups in total. The Kier molecular flexibility index (Phi) is 7.14. The van der Waals surface area contributed by atoms with Crippen LogP contribution in [-0.2, 0) is 0 Å². The molecule has 18 heavy (non-hydrogen) atoms. The predicted molar refractivity (Wildman–Crippen MR) is 75.3 cm³/mol. The smallest absolute Gasteiger partial charge is 0.0824 e. The molecule has 0 heterocycles. The number of aliphatic hydroxyl groups is 3. The molecule has 0 bridgehead atoms. The van der Waals surface area contributed by atoms with Gasteiger partial charge in [-0.3, -0.25) is 0 Å². The fourth-order valence-corrected chi connectivity index (χ4v) is 1.59. The zero-order valence-corrected chi connectivity index (χ0v) is 11.7. The van der Waals surface area contributed by atoms with Crippen molar-refractivity contribution in [2.24, 2.45) is 0 Å². The molecule has 0 saturated heterocycles. The van der Waals surface area contributed by atoms with Crippen molar-refractivity contribution in [2.45, 2.75) is 57.8 Å². The van der Waals surface area contributed by atoms with E-state index in [4.69, 9.17) is 0 Å². The van der Waals surface area contributed by atoms with Crippen LogP contribution in [0.25, 0.3) is 0 Å². The van der Waals surface area contributed by atoms with E-state index in [2.05, 4.69) is 13.2 Å². The van der Waals surface area contributed by atoms with Crippen LogP contribution in [0.3, 0.4) is 0 Å². The van der Waals surface area contributed by atoms with Gasteiger partial charge in [0.05, 0.1) is 17.8 Å². The molecule has 0 aromatic rings. The van der Waals surface area contributed by atoms with Crippen molar-refractivity contribution < 1.29 is 15.3 Å². The molecule has 0 aliphatic heterocycles. The average Bonchev–Trinajstić information content (AvgIpc) is 2.24. The van der Waals surface area contributed by atoms with Crippen molar-refractivity contribution in [2.75, 3.05) is 0 Å². The second kappa shape index (κ2) is 7.52. The fraction of sp³-hybridized carbons (Fsp3) is 0.600. The zero-order valence-electron chi connectivity index (χ0n) is 11.7. The monoisotopic (exact) mass is 254 g/mol. The van der Waals surface area contributed by atoms with Gasteiger partial charge in [0.25, 0.3) is 0 Å². The van der Waals surface area contributed by atoms with E-state index >= 15 is 0 Å². The number of aliphatic hydroxyl groups excluding tert-OH is 2. The molecular weight excluding hydrogens is 228 g/mol. The maximum Gasteiger partial charge on any atom is 0.0824 e. The summed E-state index contributed by atoms with van der Waals surface area (Å²) in [6.45, 7) is 12.5. The highest BCUT2D eigenvalue weighted by Gasteiger charge is 2.19. The maximum absolute atomic E-state index is 9.80. The third-order valence-electron chi connectivity index (χ3n) is 2.92. The number of rotatable bonds is 8. The lowest BCUT2D eigenvalue weighted by Crippen LogP contribution is -2.26. The van der Waals surface area contributed by atoms with Gasteiger partial charge in [-0.1, -0.05) is 29.9 Å². The molecule has 0 spiro atoms. The average molecular weight is 254 g/mol. The van der Waals surface area contributed by atoms with Gasteiger partial charge >= 0.3 is 0 Å². The molecule has 3 atom stereocenters. The summed E-state index contributed by atoms with van der Waals surface area (Å²) < 4.78 is 0. The van der Waals surface area contributed by atoms with E-state index in [1.165, 1.54) is 6.08 Å². The van der Waals surface area contributed by atoms with Crippen molar-refractivity contribution in [3.63, 3.8) is 0 Å². The lowest BCUT2D eigenvalue weighted by Gasteiger charge is -2.21. The molecule has 3 nitrogen and oxygen atoms in total. The lowest BCUT2D eigenvalue weighted by molar-refractivity contribution is 0.0573. The van der Waals surface area contributed by atoms with Crippen LogP contribution in [-0.4, -0.2) is 33.1 Å². The molecule has 0 aromatic heterocycles. The maximum atomic E-state index is 9.80. The van der Waals surface area contributed by atoms with Crippen LogP contribution in [0.1, 0.15) is 40.0 Å². The quantitative estimate of drug-likeness (QED) is 0.583. The Morgan fingerprint density at radius 2 is 1.89 bits per heavy atom. The molecular formula is C15H26O3. The van der Waals surface area contributed by atoms with Crippen LogP contribution in [0.2, 0.25) is 0 Å². The minimum atomic E-state index is -1.06. The van der Waals surface area contributed by atoms with Gasteiger partial charge < -0.3 is 15.3 Å². The van der Waals surface area contributed by atoms with E-state index in [1.54, 1.807) is 19.9 Å². The molecule has 0 amide bonds. The third kappa shape index (κ3) is 7.43. The predicted octanol–water partition coefficient (Wildman–Crippen LogP) is 2.34. The highest BCUT2D eigenvalue weighted by molar-refractivity contribution is 5.07. The Morgan fingerprint density at radius 1 is 1.33 bits per heavy atom. The Morgan fingerprint density at radius 3 is 2.33 bits per heavy atom. The van der Waals surface area contributed by atoms with Crippen LogP contribution in [0.4, 0.5) is 0 Å². The van der Waals surface area contributed by atoms with E-state index in [0.717, 1.165) is 11.1 Å². The number of hydrogen-bond donors (Lipinski definition) is 3. The minimum Gasteiger partial charge on any atom is -0.389 e. The third-order valence-corrected chi connectivity index (χ3v) is 2.92. The molecule has 0 rings (SSSR count). The van der Waals surface area contributed by atoms with E-state index in [9.17, 15) is 15.3 Å². The Labute approximate surface area is 110 Å². The van der Waals surface area contributed by atoms with Crippen LogP contribution in [0, 0.1) is 0 Å². The van der Waals surface area contributed by atoms with Gasteiger partial charge in [0.15, 0.2) is 0 Å². The lowest BCUT2D eigenvalue weighted by atomic mass is 9.96. The summed E-state index contributed by atoms with van der Waals surface area (Å²) in [5, 5.41) is 29.1. The van der Waals surface area contributed by atoms with Crippen molar-refractivity contribution in [1.29, 1.82) is 0 Å². The van der Waals surface area contributed by atoms with Crippen LogP contribution < -0.4 is 0 Å². The molecule has 0 aliphatic rings. The Hall–Kier alpha value is -0.900. The summed E-state index contributed by atoms with van der Waals surface area (Å²) in [7, 11) is 0. The van der Waals surface area contributed by atoms with Crippen molar-refractivity contribution in [3.05, 3.63) is 36.5 Å². The summed E-state index contributed by atoms with van der Waals surface area (Å²) in [6, 6.07) is 0. The molecule has 3 unspecified atom stereocenters. The first-order chi connectivity index (χ1) is 8.18. The van der Waals surface area contributed by atoms with Crippen molar-refractivity contribution in [1.82, 2.24) is 0 Å². The largest absolute Gasteiger partial charge is 0.389 e. The summed E-state index contributed by atoms with van der Waals surface area (Å²) >= 11 is 0. The van der Waals surface area contributed by atoms with E-state index in [-0.39, 0.29) is 6.42 Å². The van der Waals surface area contributed by atoms with Crippen LogP contribution >= 0.6 is 0 Å². The molecule has 0 saturated carbocycles. The first-order valence-corrected chi connectivity index (χ1v) is 6.22. The van der Waals surface area contributed by atoms with Gasteiger partial charge in [-0.25, -0.2) is 0 Å². The van der Waals surface area contributed by atoms with E-state index in [1.807, 2.05) is 6.92 Å². The van der Waals surface area contributed by atoms with E-state index in [0.29, 0.717) is 12.8 Å². The zero-order chi connectivity index (χ0) is 14.3. The molecule has 0 radical (unpaired) electrons. The molecule has 3 heteroatoms. The first kappa shape index (κ1) is 17.1. The van der Waals surface area contributed by atoms with Crippen molar-refractivity contribution in [3.8, 4) is 0 Å². The van der Waals surface area contributed by atoms with Crippen LogP contribution in [0.15, 0.2) is 36.5 Å². The SMILES string of the molecule is C=CC(C)(O)CC(O)C=C(C)CCC(O)C(=C)C. The van der Waals surface area contributed by atoms with Gasteiger partial charge in [-0.05, 0) is 33.6 Å². The standard InChI is InChI=1S/C15H26O3/c1-6-15(5,18)10-13(16)9-12(4)7-8-14(17)11(2)3/h6,9,13-14,16-18H,1-2,7-8,10H2,3-5H3. The Bertz CT molecular complexity index is 316. The highest BCUT2D eigenvalue weighted by atomic mass is 16.3. The van der Waals surface area contributed by atoms with Gasteiger partial charge in [0.1, 0.15) is 0 Å². The number of hydrogen-bond acceptors (Lipinski definition) is 3. The minimum absolute atomic E-state index is 0.219. The van der Waals surface area contributed by atoms with Gasteiger partial charge in [-0.15, -0.1) is 6.58 Å². The summed E-state index contributed by atoms with van der Waals surface area (Å²) in [4.78, 5) is 0. The molecule has 0 aliphatic carbocycles. The first-order valence-electron chi connectivity index (χ1n) is 6.22. The second-order valence-corrected chi connectivity index (χ2v) is 5.25. The topological polar surface area (TPSA) is 60.7 Å². The van der Waals surface area contributed by atoms with Crippen molar-refractivity contribution >= 4 is 0 Å². The summed E-state index contributed by atoms with van der Waals surface area (Å²) in [5.41, 5.74) is 0.675. The van der Waals surface area contributed by atoms with Crippen LogP contribution in [0.5, 0.6) is 0 Å². The summed E-state index contributed by atoms with van der Waals surface area (Å²) in [5.74, 6) is 0. The van der Waals surface area contributed by atoms with Gasteiger partial charge in [-0.2, -0.15) is 0 Å². The molecule has 0 aromatic carbocycles. The summed E-state index contributed by atoms with van der Waals surface area (Å²) in [6.07, 6.45) is 3.44. The van der Waals surface area contributed by atoms with Gasteiger partial charge in [0.2, 0.25) is 0 Å². The molecule has 0 fully saturated rings.